The first-order valence-electron chi connectivity index (χ1n) is 6.35. The van der Waals surface area contributed by atoms with E-state index in [9.17, 15) is 9.90 Å². The summed E-state index contributed by atoms with van der Waals surface area (Å²) < 4.78 is 0. The number of aliphatic hydroxyl groups excluding tert-OH is 1. The van der Waals surface area contributed by atoms with Crippen LogP contribution in [0.1, 0.15) is 31.1 Å². The van der Waals surface area contributed by atoms with Gasteiger partial charge in [0.05, 0.1) is 6.10 Å². The zero-order valence-electron chi connectivity index (χ0n) is 11.3. The van der Waals surface area contributed by atoms with Gasteiger partial charge in [0.1, 0.15) is 0 Å². The molecular weight excluding hydrogens is 228 g/mol. The molecule has 0 radical (unpaired) electrons. The number of nitrogens with zero attached hydrogens (tertiary/aromatic N) is 1. The van der Waals surface area contributed by atoms with Crippen LogP contribution in [0.25, 0.3) is 0 Å². The summed E-state index contributed by atoms with van der Waals surface area (Å²) in [5.41, 5.74) is 1.93. The number of benzene rings is 1. The molecule has 18 heavy (non-hydrogen) atoms. The summed E-state index contributed by atoms with van der Waals surface area (Å²) in [5, 5.41) is 12.7. The van der Waals surface area contributed by atoms with Crippen molar-refractivity contribution in [3.63, 3.8) is 0 Å². The summed E-state index contributed by atoms with van der Waals surface area (Å²) in [6.45, 7) is 7.41. The Labute approximate surface area is 109 Å². The molecule has 1 rings (SSSR count). The number of nitrogens with one attached hydrogen (secondary N) is 1. The van der Waals surface area contributed by atoms with E-state index in [4.69, 9.17) is 0 Å². The van der Waals surface area contributed by atoms with Gasteiger partial charge >= 0.3 is 6.03 Å². The maximum Gasteiger partial charge on any atom is 0.317 e. The zero-order valence-corrected chi connectivity index (χ0v) is 11.3. The van der Waals surface area contributed by atoms with E-state index in [1.807, 2.05) is 45.0 Å². The first-order chi connectivity index (χ1) is 8.58. The summed E-state index contributed by atoms with van der Waals surface area (Å²) in [6.07, 6.45) is -0.663. The van der Waals surface area contributed by atoms with Gasteiger partial charge in [-0.2, -0.15) is 0 Å². The first-order valence-corrected chi connectivity index (χ1v) is 6.35. The maximum atomic E-state index is 11.7. The van der Waals surface area contributed by atoms with Crippen molar-refractivity contribution >= 4 is 6.03 Å². The van der Waals surface area contributed by atoms with Gasteiger partial charge < -0.3 is 15.3 Å². The zero-order chi connectivity index (χ0) is 13.5. The lowest BCUT2D eigenvalue weighted by molar-refractivity contribution is 0.163. The molecule has 0 saturated carbocycles. The molecule has 0 aliphatic rings. The number of amides is 2. The summed E-state index contributed by atoms with van der Waals surface area (Å²) >= 11 is 0. The minimum Gasteiger partial charge on any atom is -0.387 e. The first kappa shape index (κ1) is 14.5. The topological polar surface area (TPSA) is 52.6 Å². The number of carbonyl (C=O) groups excluding carboxylic acids is 1. The van der Waals surface area contributed by atoms with Crippen molar-refractivity contribution < 1.29 is 9.90 Å². The molecule has 0 fully saturated rings. The molecule has 0 spiro atoms. The quantitative estimate of drug-likeness (QED) is 0.840. The molecule has 4 heteroatoms. The van der Waals surface area contributed by atoms with Crippen LogP contribution in [-0.2, 0) is 0 Å². The third kappa shape index (κ3) is 4.04. The molecule has 1 unspecified atom stereocenters. The number of hydrogen-bond donors (Lipinski definition) is 2. The third-order valence-corrected chi connectivity index (χ3v) is 2.92. The van der Waals surface area contributed by atoms with Crippen LogP contribution in [0.2, 0.25) is 0 Å². The molecule has 0 saturated heterocycles. The number of aliphatic hydroxyl groups is 1. The van der Waals surface area contributed by atoms with E-state index < -0.39 is 6.10 Å². The molecule has 2 amide bonds. The Morgan fingerprint density at radius 3 is 2.61 bits per heavy atom. The van der Waals surface area contributed by atoms with Crippen molar-refractivity contribution in [2.24, 2.45) is 0 Å². The van der Waals surface area contributed by atoms with Crippen molar-refractivity contribution in [2.45, 2.75) is 26.9 Å². The number of carbonyl (C=O) groups is 1. The molecule has 4 nitrogen and oxygen atoms in total. The summed E-state index contributed by atoms with van der Waals surface area (Å²) in [6, 6.07) is 7.53. The fourth-order valence-electron chi connectivity index (χ4n) is 1.80. The molecule has 0 aliphatic heterocycles. The minimum absolute atomic E-state index is 0.133. The largest absolute Gasteiger partial charge is 0.387 e. The fourth-order valence-corrected chi connectivity index (χ4v) is 1.80. The average molecular weight is 250 g/mol. The third-order valence-electron chi connectivity index (χ3n) is 2.92. The van der Waals surface area contributed by atoms with Gasteiger partial charge in [0.25, 0.3) is 0 Å². The van der Waals surface area contributed by atoms with E-state index in [-0.39, 0.29) is 12.6 Å². The lowest BCUT2D eigenvalue weighted by Gasteiger charge is -2.20. The SMILES string of the molecule is CCN(CC)C(=O)NCC(O)c1cccc(C)c1. The number of aryl methyl sites for hydroxylation is 1. The Hall–Kier alpha value is -1.55. The van der Waals surface area contributed by atoms with Gasteiger partial charge in [-0.05, 0) is 26.3 Å². The van der Waals surface area contributed by atoms with Crippen molar-refractivity contribution in [2.75, 3.05) is 19.6 Å². The molecule has 2 N–H and O–H groups in total. The van der Waals surface area contributed by atoms with Crippen LogP contribution in [0.5, 0.6) is 0 Å². The Balaban J connectivity index is 2.51. The predicted octanol–water partition coefficient (Wildman–Crippen LogP) is 2.08. The summed E-state index contributed by atoms with van der Waals surface area (Å²) in [7, 11) is 0. The van der Waals surface area contributed by atoms with Gasteiger partial charge in [-0.15, -0.1) is 0 Å². The highest BCUT2D eigenvalue weighted by Gasteiger charge is 2.12. The molecular formula is C14H22N2O2. The van der Waals surface area contributed by atoms with E-state index >= 15 is 0 Å². The van der Waals surface area contributed by atoms with Crippen molar-refractivity contribution in [3.8, 4) is 0 Å². The van der Waals surface area contributed by atoms with Crippen LogP contribution in [0.3, 0.4) is 0 Å². The van der Waals surface area contributed by atoms with Gasteiger partial charge in [0, 0.05) is 19.6 Å². The molecule has 100 valence electrons. The minimum atomic E-state index is -0.663. The van der Waals surface area contributed by atoms with Gasteiger partial charge in [0.2, 0.25) is 0 Å². The van der Waals surface area contributed by atoms with Crippen LogP contribution in [-0.4, -0.2) is 35.7 Å². The number of rotatable bonds is 5. The van der Waals surface area contributed by atoms with Crippen LogP contribution in [0.4, 0.5) is 4.79 Å². The molecule has 0 heterocycles. The van der Waals surface area contributed by atoms with Crippen molar-refractivity contribution in [1.29, 1.82) is 0 Å². The summed E-state index contributed by atoms with van der Waals surface area (Å²) in [5.74, 6) is 0. The Morgan fingerprint density at radius 1 is 1.39 bits per heavy atom. The van der Waals surface area contributed by atoms with Crippen LogP contribution in [0.15, 0.2) is 24.3 Å². The van der Waals surface area contributed by atoms with Crippen LogP contribution < -0.4 is 5.32 Å². The van der Waals surface area contributed by atoms with Gasteiger partial charge in [-0.25, -0.2) is 4.79 Å². The highest BCUT2D eigenvalue weighted by molar-refractivity contribution is 5.74. The highest BCUT2D eigenvalue weighted by Crippen LogP contribution is 2.13. The lowest BCUT2D eigenvalue weighted by atomic mass is 10.1. The van der Waals surface area contributed by atoms with Crippen LogP contribution in [0, 0.1) is 6.92 Å². The molecule has 0 aliphatic carbocycles. The van der Waals surface area contributed by atoms with E-state index in [1.165, 1.54) is 0 Å². The van der Waals surface area contributed by atoms with E-state index in [1.54, 1.807) is 4.90 Å². The van der Waals surface area contributed by atoms with Crippen molar-refractivity contribution in [3.05, 3.63) is 35.4 Å². The number of hydrogen-bond acceptors (Lipinski definition) is 2. The molecule has 0 aromatic heterocycles. The molecule has 1 aromatic rings. The Bertz CT molecular complexity index is 389. The van der Waals surface area contributed by atoms with E-state index in [2.05, 4.69) is 5.32 Å². The molecule has 0 bridgehead atoms. The van der Waals surface area contributed by atoms with Gasteiger partial charge in [0.15, 0.2) is 0 Å². The normalized spacial score (nSPS) is 12.0. The Kier molecular flexibility index (Phi) is 5.65. The van der Waals surface area contributed by atoms with Crippen molar-refractivity contribution in [1.82, 2.24) is 10.2 Å². The average Bonchev–Trinajstić information content (AvgIpc) is 2.37. The Morgan fingerprint density at radius 2 is 2.06 bits per heavy atom. The highest BCUT2D eigenvalue weighted by atomic mass is 16.3. The van der Waals surface area contributed by atoms with Crippen LogP contribution >= 0.6 is 0 Å². The second-order valence-corrected chi connectivity index (χ2v) is 4.29. The van der Waals surface area contributed by atoms with Gasteiger partial charge in [-0.3, -0.25) is 0 Å². The predicted molar refractivity (Wildman–Crippen MR) is 72.5 cm³/mol. The smallest absolute Gasteiger partial charge is 0.317 e. The second-order valence-electron chi connectivity index (χ2n) is 4.29. The molecule has 1 atom stereocenters. The monoisotopic (exact) mass is 250 g/mol. The lowest BCUT2D eigenvalue weighted by Crippen LogP contribution is -2.41. The number of urea groups is 1. The fraction of sp³-hybridized carbons (Fsp3) is 0.500. The second kappa shape index (κ2) is 7.01. The van der Waals surface area contributed by atoms with Gasteiger partial charge in [-0.1, -0.05) is 29.8 Å². The van der Waals surface area contributed by atoms with E-state index in [0.717, 1.165) is 11.1 Å². The van der Waals surface area contributed by atoms with E-state index in [0.29, 0.717) is 13.1 Å². The standard InChI is InChI=1S/C14H22N2O2/c1-4-16(5-2)14(18)15-10-13(17)12-8-6-7-11(3)9-12/h6-9,13,17H,4-5,10H2,1-3H3,(H,15,18). The maximum absolute atomic E-state index is 11.7. The summed E-state index contributed by atoms with van der Waals surface area (Å²) in [4.78, 5) is 13.4. The molecule has 1 aromatic carbocycles.